The second-order valence-corrected chi connectivity index (χ2v) is 4.34. The van der Waals surface area contributed by atoms with Crippen LogP contribution in [0.1, 0.15) is 32.0 Å². The van der Waals surface area contributed by atoms with Crippen LogP contribution in [0.25, 0.3) is 0 Å². The summed E-state index contributed by atoms with van der Waals surface area (Å²) < 4.78 is 2.20. The van der Waals surface area contributed by atoms with Gasteiger partial charge in [0.1, 0.15) is 12.2 Å². The fourth-order valence-electron chi connectivity index (χ4n) is 2.21. The maximum Gasteiger partial charge on any atom is 0.133 e. The third-order valence-electron chi connectivity index (χ3n) is 3.09. The van der Waals surface area contributed by atoms with Crippen LogP contribution in [0.2, 0.25) is 0 Å². The largest absolute Gasteiger partial charge is 0.318 e. The lowest BCUT2D eigenvalue weighted by molar-refractivity contribution is 0.362. The predicted molar refractivity (Wildman–Crippen MR) is 59.6 cm³/mol. The first-order valence-corrected chi connectivity index (χ1v) is 5.97. The molecule has 4 nitrogen and oxygen atoms in total. The Hall–Kier alpha value is -0.900. The topological polar surface area (TPSA) is 42.7 Å². The summed E-state index contributed by atoms with van der Waals surface area (Å²) in [4.78, 5) is 0. The quantitative estimate of drug-likeness (QED) is 0.809. The second kappa shape index (κ2) is 5.26. The van der Waals surface area contributed by atoms with Gasteiger partial charge in [0.2, 0.25) is 0 Å². The molecule has 84 valence electrons. The van der Waals surface area contributed by atoms with Gasteiger partial charge in [-0.15, -0.1) is 10.2 Å². The molecule has 0 bridgehead atoms. The maximum absolute atomic E-state index is 4.22. The highest BCUT2D eigenvalue weighted by atomic mass is 15.3. The third kappa shape index (κ3) is 2.78. The molecule has 1 fully saturated rings. The highest BCUT2D eigenvalue weighted by molar-refractivity contribution is 4.89. The molecule has 4 heteroatoms. The molecule has 0 amide bonds. The minimum absolute atomic E-state index is 0.797. The molecule has 0 atom stereocenters. The average Bonchev–Trinajstić information content (AvgIpc) is 2.68. The highest BCUT2D eigenvalue weighted by Crippen LogP contribution is 2.16. The molecule has 0 aromatic carbocycles. The van der Waals surface area contributed by atoms with Crippen molar-refractivity contribution in [1.82, 2.24) is 20.1 Å². The highest BCUT2D eigenvalue weighted by Gasteiger charge is 2.16. The first kappa shape index (κ1) is 10.6. The van der Waals surface area contributed by atoms with E-state index in [-0.39, 0.29) is 0 Å². The Labute approximate surface area is 91.1 Å². The number of aryl methyl sites for hydroxylation is 1. The van der Waals surface area contributed by atoms with Crippen LogP contribution < -0.4 is 5.32 Å². The van der Waals surface area contributed by atoms with Crippen molar-refractivity contribution >= 4 is 0 Å². The van der Waals surface area contributed by atoms with E-state index in [0.717, 1.165) is 38.4 Å². The van der Waals surface area contributed by atoms with E-state index in [9.17, 15) is 0 Å². The Morgan fingerprint density at radius 3 is 3.00 bits per heavy atom. The number of hydrogen-bond donors (Lipinski definition) is 1. The van der Waals surface area contributed by atoms with E-state index in [4.69, 9.17) is 0 Å². The molecule has 15 heavy (non-hydrogen) atoms. The van der Waals surface area contributed by atoms with Crippen LogP contribution in [0.5, 0.6) is 0 Å². The molecule has 0 radical (unpaired) electrons. The normalized spacial score (nSPS) is 18.2. The van der Waals surface area contributed by atoms with Gasteiger partial charge in [-0.3, -0.25) is 0 Å². The summed E-state index contributed by atoms with van der Waals surface area (Å²) in [5.74, 6) is 1.97. The summed E-state index contributed by atoms with van der Waals surface area (Å²) in [6, 6.07) is 0. The SMILES string of the molecule is CCCn1cnnc1CC1CCNCC1. The van der Waals surface area contributed by atoms with Crippen LogP contribution in [-0.2, 0) is 13.0 Å². The summed E-state index contributed by atoms with van der Waals surface area (Å²) in [6.07, 6.45) is 6.66. The van der Waals surface area contributed by atoms with Crippen molar-refractivity contribution in [2.75, 3.05) is 13.1 Å². The molecule has 0 saturated carbocycles. The van der Waals surface area contributed by atoms with Crippen LogP contribution in [0.15, 0.2) is 6.33 Å². The zero-order chi connectivity index (χ0) is 10.5. The van der Waals surface area contributed by atoms with Gasteiger partial charge in [0, 0.05) is 13.0 Å². The Morgan fingerprint density at radius 2 is 2.27 bits per heavy atom. The number of rotatable bonds is 4. The van der Waals surface area contributed by atoms with Crippen LogP contribution in [0.4, 0.5) is 0 Å². The first-order chi connectivity index (χ1) is 7.40. The summed E-state index contributed by atoms with van der Waals surface area (Å²) in [5.41, 5.74) is 0. The Morgan fingerprint density at radius 1 is 1.47 bits per heavy atom. The molecule has 0 spiro atoms. The van der Waals surface area contributed by atoms with Crippen LogP contribution in [0, 0.1) is 5.92 Å². The molecule has 1 N–H and O–H groups in total. The fraction of sp³-hybridized carbons (Fsp3) is 0.818. The van der Waals surface area contributed by atoms with Crippen molar-refractivity contribution in [2.24, 2.45) is 5.92 Å². The number of nitrogens with zero attached hydrogens (tertiary/aromatic N) is 3. The minimum Gasteiger partial charge on any atom is -0.318 e. The molecule has 0 unspecified atom stereocenters. The van der Waals surface area contributed by atoms with Gasteiger partial charge in [0.05, 0.1) is 0 Å². The lowest BCUT2D eigenvalue weighted by Gasteiger charge is -2.22. The van der Waals surface area contributed by atoms with Gasteiger partial charge in [0.15, 0.2) is 0 Å². The van der Waals surface area contributed by atoms with Gasteiger partial charge < -0.3 is 9.88 Å². The molecule has 2 rings (SSSR count). The fourth-order valence-corrected chi connectivity index (χ4v) is 2.21. The smallest absolute Gasteiger partial charge is 0.133 e. The molecule has 1 saturated heterocycles. The van der Waals surface area contributed by atoms with Gasteiger partial charge in [-0.1, -0.05) is 6.92 Å². The van der Waals surface area contributed by atoms with E-state index in [1.165, 1.54) is 18.7 Å². The van der Waals surface area contributed by atoms with E-state index in [1.54, 1.807) is 0 Å². The molecule has 1 aliphatic rings. The molecular formula is C11H20N4. The van der Waals surface area contributed by atoms with Crippen molar-refractivity contribution in [1.29, 1.82) is 0 Å². The number of nitrogens with one attached hydrogen (secondary N) is 1. The maximum atomic E-state index is 4.22. The van der Waals surface area contributed by atoms with Crippen molar-refractivity contribution in [3.8, 4) is 0 Å². The first-order valence-electron chi connectivity index (χ1n) is 5.97. The van der Waals surface area contributed by atoms with E-state index in [2.05, 4.69) is 27.0 Å². The van der Waals surface area contributed by atoms with Crippen LogP contribution >= 0.6 is 0 Å². The second-order valence-electron chi connectivity index (χ2n) is 4.34. The molecule has 1 aromatic heterocycles. The zero-order valence-corrected chi connectivity index (χ0v) is 9.45. The van der Waals surface area contributed by atoms with Crippen molar-refractivity contribution in [3.05, 3.63) is 12.2 Å². The lowest BCUT2D eigenvalue weighted by Crippen LogP contribution is -2.29. The number of hydrogen-bond acceptors (Lipinski definition) is 3. The molecular weight excluding hydrogens is 188 g/mol. The Kier molecular flexibility index (Phi) is 3.72. The summed E-state index contributed by atoms with van der Waals surface area (Å²) >= 11 is 0. The average molecular weight is 208 g/mol. The Balaban J connectivity index is 1.93. The van der Waals surface area contributed by atoms with Crippen molar-refractivity contribution < 1.29 is 0 Å². The van der Waals surface area contributed by atoms with Gasteiger partial charge in [0.25, 0.3) is 0 Å². The monoisotopic (exact) mass is 208 g/mol. The van der Waals surface area contributed by atoms with Crippen LogP contribution in [-0.4, -0.2) is 27.9 Å². The zero-order valence-electron chi connectivity index (χ0n) is 9.45. The van der Waals surface area contributed by atoms with E-state index in [0.29, 0.717) is 0 Å². The van der Waals surface area contributed by atoms with Crippen molar-refractivity contribution in [2.45, 2.75) is 39.2 Å². The lowest BCUT2D eigenvalue weighted by atomic mass is 9.94. The van der Waals surface area contributed by atoms with Gasteiger partial charge in [-0.2, -0.15) is 0 Å². The standard InChI is InChI=1S/C11H20N4/c1-2-7-15-9-13-14-11(15)8-10-3-5-12-6-4-10/h9-10,12H,2-8H2,1H3. The van der Waals surface area contributed by atoms with Crippen molar-refractivity contribution in [3.63, 3.8) is 0 Å². The van der Waals surface area contributed by atoms with E-state index >= 15 is 0 Å². The van der Waals surface area contributed by atoms with Gasteiger partial charge in [-0.05, 0) is 38.3 Å². The Bertz CT molecular complexity index is 289. The van der Waals surface area contributed by atoms with E-state index in [1.807, 2.05) is 6.33 Å². The summed E-state index contributed by atoms with van der Waals surface area (Å²) in [7, 11) is 0. The third-order valence-corrected chi connectivity index (χ3v) is 3.09. The van der Waals surface area contributed by atoms with Gasteiger partial charge in [-0.25, -0.2) is 0 Å². The number of piperidine rings is 1. The van der Waals surface area contributed by atoms with Crippen LogP contribution in [0.3, 0.4) is 0 Å². The minimum atomic E-state index is 0.797. The van der Waals surface area contributed by atoms with E-state index < -0.39 is 0 Å². The van der Waals surface area contributed by atoms with Gasteiger partial charge >= 0.3 is 0 Å². The molecule has 1 aliphatic heterocycles. The predicted octanol–water partition coefficient (Wildman–Crippen LogP) is 1.23. The molecule has 2 heterocycles. The number of aromatic nitrogens is 3. The molecule has 0 aliphatic carbocycles. The summed E-state index contributed by atoms with van der Waals surface area (Å²) in [6.45, 7) is 5.56. The summed E-state index contributed by atoms with van der Waals surface area (Å²) in [5, 5.41) is 11.6. The molecule has 1 aromatic rings.